The molecule has 0 aliphatic carbocycles. The van der Waals surface area contributed by atoms with Crippen LogP contribution in [-0.2, 0) is 10.0 Å². The first-order chi connectivity index (χ1) is 6.34. The van der Waals surface area contributed by atoms with Crippen LogP contribution in [0, 0.1) is 0 Å². The first kappa shape index (κ1) is 11.3. The smallest absolute Gasteiger partial charge is 0.254 e. The van der Waals surface area contributed by atoms with E-state index in [2.05, 4.69) is 4.98 Å². The molecule has 0 saturated carbocycles. The molecule has 1 aromatic heterocycles. The molecule has 0 atom stereocenters. The summed E-state index contributed by atoms with van der Waals surface area (Å²) in [4.78, 5) is 2.39. The van der Waals surface area contributed by atoms with Gasteiger partial charge in [0.15, 0.2) is 0 Å². The predicted molar refractivity (Wildman–Crippen MR) is 45.6 cm³/mol. The molecule has 2 N–H and O–H groups in total. The van der Waals surface area contributed by atoms with Gasteiger partial charge in [0.25, 0.3) is 6.43 Å². The molecule has 0 saturated heterocycles. The van der Waals surface area contributed by atoms with Crippen molar-refractivity contribution in [2.24, 2.45) is 5.14 Å². The van der Waals surface area contributed by atoms with Crippen molar-refractivity contribution in [1.82, 2.24) is 4.98 Å². The topological polar surface area (TPSA) is 73.1 Å². The van der Waals surface area contributed by atoms with E-state index in [1.807, 2.05) is 0 Å². The summed E-state index contributed by atoms with van der Waals surface area (Å²) in [5, 5.41) is 4.35. The summed E-state index contributed by atoms with van der Waals surface area (Å²) < 4.78 is 46.4. The third-order valence-corrected chi connectivity index (χ3v) is 2.80. The summed E-state index contributed by atoms with van der Waals surface area (Å²) in [6.45, 7) is 0. The van der Waals surface area contributed by atoms with E-state index in [1.165, 1.54) is 0 Å². The van der Waals surface area contributed by atoms with Crippen LogP contribution in [0.3, 0.4) is 0 Å². The summed E-state index contributed by atoms with van der Waals surface area (Å²) in [6, 6.07) is 1.08. The Balaban J connectivity index is 3.54. The van der Waals surface area contributed by atoms with Crippen molar-refractivity contribution < 1.29 is 17.2 Å². The van der Waals surface area contributed by atoms with E-state index >= 15 is 0 Å². The lowest BCUT2D eigenvalue weighted by atomic mass is 10.3. The van der Waals surface area contributed by atoms with Crippen molar-refractivity contribution in [2.45, 2.75) is 11.3 Å². The lowest BCUT2D eigenvalue weighted by molar-refractivity contribution is 0.142. The molecule has 0 aliphatic heterocycles. The van der Waals surface area contributed by atoms with Crippen molar-refractivity contribution in [3.63, 3.8) is 0 Å². The summed E-state index contributed by atoms with van der Waals surface area (Å²) in [6.07, 6.45) is -2.06. The molecule has 0 fully saturated rings. The molecule has 14 heavy (non-hydrogen) atoms. The fourth-order valence-corrected chi connectivity index (χ4v) is 2.13. The number of primary sulfonamides is 1. The van der Waals surface area contributed by atoms with E-state index < -0.39 is 27.0 Å². The molecule has 1 heterocycles. The Bertz CT molecular complexity index is 449. The lowest BCUT2D eigenvalue weighted by Gasteiger charge is -2.06. The Labute approximate surface area is 83.8 Å². The van der Waals surface area contributed by atoms with Gasteiger partial charge in [0, 0.05) is 6.20 Å². The second-order valence-electron chi connectivity index (χ2n) is 2.35. The SMILES string of the molecule is NS(=O)(=O)c1c(Cl)ccnc1C(F)F. The van der Waals surface area contributed by atoms with Crippen LogP contribution in [-0.4, -0.2) is 13.4 Å². The zero-order valence-corrected chi connectivity index (χ0v) is 8.19. The van der Waals surface area contributed by atoms with Gasteiger partial charge in [-0.1, -0.05) is 11.6 Å². The number of aromatic nitrogens is 1. The van der Waals surface area contributed by atoms with Crippen molar-refractivity contribution in [3.05, 3.63) is 23.0 Å². The van der Waals surface area contributed by atoms with Crippen LogP contribution in [0.1, 0.15) is 12.1 Å². The molecular weight excluding hydrogens is 238 g/mol. The van der Waals surface area contributed by atoms with Gasteiger partial charge in [0.1, 0.15) is 10.6 Å². The predicted octanol–water partition coefficient (Wildman–Crippen LogP) is 1.32. The Morgan fingerprint density at radius 2 is 2.07 bits per heavy atom. The van der Waals surface area contributed by atoms with Gasteiger partial charge in [0.05, 0.1) is 5.02 Å². The zero-order chi connectivity index (χ0) is 10.9. The maximum Gasteiger partial charge on any atom is 0.281 e. The third-order valence-electron chi connectivity index (χ3n) is 1.38. The number of hydrogen-bond acceptors (Lipinski definition) is 3. The van der Waals surface area contributed by atoms with Gasteiger partial charge in [-0.2, -0.15) is 0 Å². The first-order valence-electron chi connectivity index (χ1n) is 3.29. The molecule has 0 radical (unpaired) electrons. The lowest BCUT2D eigenvalue weighted by Crippen LogP contribution is -2.16. The molecule has 0 aromatic carbocycles. The number of nitrogens with two attached hydrogens (primary N) is 1. The highest BCUT2D eigenvalue weighted by atomic mass is 35.5. The van der Waals surface area contributed by atoms with Crippen molar-refractivity contribution in [1.29, 1.82) is 0 Å². The minimum atomic E-state index is -4.28. The quantitative estimate of drug-likeness (QED) is 0.850. The fraction of sp³-hybridized carbons (Fsp3) is 0.167. The second kappa shape index (κ2) is 3.76. The molecule has 0 spiro atoms. The average Bonchev–Trinajstić information content (AvgIpc) is 2.01. The van der Waals surface area contributed by atoms with Gasteiger partial charge in [-0.15, -0.1) is 0 Å². The number of alkyl halides is 2. The van der Waals surface area contributed by atoms with Crippen LogP contribution in [0.2, 0.25) is 5.02 Å². The van der Waals surface area contributed by atoms with Crippen LogP contribution >= 0.6 is 11.6 Å². The summed E-state index contributed by atoms with van der Waals surface area (Å²) in [5.74, 6) is 0. The molecule has 78 valence electrons. The number of sulfonamides is 1. The van der Waals surface area contributed by atoms with E-state index in [9.17, 15) is 17.2 Å². The number of nitrogens with zero attached hydrogens (tertiary/aromatic N) is 1. The minimum Gasteiger partial charge on any atom is -0.254 e. The number of rotatable bonds is 2. The summed E-state index contributed by atoms with van der Waals surface area (Å²) in [7, 11) is -4.28. The van der Waals surface area contributed by atoms with Crippen LogP contribution in [0.25, 0.3) is 0 Å². The highest BCUT2D eigenvalue weighted by Crippen LogP contribution is 2.28. The normalized spacial score (nSPS) is 12.1. The fourth-order valence-electron chi connectivity index (χ4n) is 0.877. The maximum atomic E-state index is 12.3. The molecule has 1 rings (SSSR count). The summed E-state index contributed by atoms with van der Waals surface area (Å²) in [5.41, 5.74) is -0.931. The van der Waals surface area contributed by atoms with Crippen molar-refractivity contribution in [3.8, 4) is 0 Å². The van der Waals surface area contributed by atoms with E-state index in [1.54, 1.807) is 0 Å². The van der Waals surface area contributed by atoms with E-state index in [0.29, 0.717) is 0 Å². The Morgan fingerprint density at radius 1 is 1.50 bits per heavy atom. The van der Waals surface area contributed by atoms with Gasteiger partial charge in [-0.3, -0.25) is 4.98 Å². The highest BCUT2D eigenvalue weighted by Gasteiger charge is 2.24. The largest absolute Gasteiger partial charge is 0.281 e. The molecule has 4 nitrogen and oxygen atoms in total. The summed E-state index contributed by atoms with van der Waals surface area (Å²) >= 11 is 5.43. The standard InChI is InChI=1S/C6H5ClF2N2O2S/c7-3-1-2-11-4(6(8)9)5(3)14(10,12)13/h1-2,6H,(H2,10,12,13). The van der Waals surface area contributed by atoms with Gasteiger partial charge < -0.3 is 0 Å². The van der Waals surface area contributed by atoms with E-state index in [0.717, 1.165) is 12.3 Å². The molecule has 0 aliphatic rings. The van der Waals surface area contributed by atoms with Crippen molar-refractivity contribution in [2.75, 3.05) is 0 Å². The highest BCUT2D eigenvalue weighted by molar-refractivity contribution is 7.89. The third kappa shape index (κ3) is 2.17. The zero-order valence-electron chi connectivity index (χ0n) is 6.62. The van der Waals surface area contributed by atoms with Crippen LogP contribution in [0.15, 0.2) is 17.2 Å². The maximum absolute atomic E-state index is 12.3. The van der Waals surface area contributed by atoms with E-state index in [-0.39, 0.29) is 5.02 Å². The molecule has 0 unspecified atom stereocenters. The molecule has 1 aromatic rings. The second-order valence-corrected chi connectivity index (χ2v) is 4.26. The Kier molecular flexibility index (Phi) is 3.03. The Morgan fingerprint density at radius 3 is 2.43 bits per heavy atom. The van der Waals surface area contributed by atoms with Crippen LogP contribution in [0.5, 0.6) is 0 Å². The molecule has 0 bridgehead atoms. The minimum absolute atomic E-state index is 0.363. The van der Waals surface area contributed by atoms with Crippen molar-refractivity contribution >= 4 is 21.6 Å². The number of halogens is 3. The molecular formula is C6H5ClF2N2O2S. The van der Waals surface area contributed by atoms with Gasteiger partial charge >= 0.3 is 0 Å². The number of hydrogen-bond donors (Lipinski definition) is 1. The van der Waals surface area contributed by atoms with Gasteiger partial charge in [-0.25, -0.2) is 22.3 Å². The first-order valence-corrected chi connectivity index (χ1v) is 5.22. The monoisotopic (exact) mass is 242 g/mol. The van der Waals surface area contributed by atoms with E-state index in [4.69, 9.17) is 16.7 Å². The van der Waals surface area contributed by atoms with Gasteiger partial charge in [-0.05, 0) is 6.07 Å². The van der Waals surface area contributed by atoms with Crippen LogP contribution < -0.4 is 5.14 Å². The van der Waals surface area contributed by atoms with Gasteiger partial charge in [0.2, 0.25) is 10.0 Å². The number of pyridine rings is 1. The molecule has 0 amide bonds. The molecule has 8 heteroatoms. The Hall–Kier alpha value is -0.790. The van der Waals surface area contributed by atoms with Crippen LogP contribution in [0.4, 0.5) is 8.78 Å². The average molecular weight is 243 g/mol.